The van der Waals surface area contributed by atoms with Crippen molar-refractivity contribution in [1.82, 2.24) is 4.98 Å². The summed E-state index contributed by atoms with van der Waals surface area (Å²) in [5.74, 6) is 2.03. The van der Waals surface area contributed by atoms with Gasteiger partial charge in [0.1, 0.15) is 24.2 Å². The van der Waals surface area contributed by atoms with Crippen molar-refractivity contribution in [1.29, 1.82) is 5.26 Å². The molecule has 118 valence electrons. The third-order valence-electron chi connectivity index (χ3n) is 3.96. The van der Waals surface area contributed by atoms with Crippen molar-refractivity contribution in [2.24, 2.45) is 5.92 Å². The molecule has 3 rings (SSSR count). The van der Waals surface area contributed by atoms with Crippen LogP contribution in [0.2, 0.25) is 0 Å². The lowest BCUT2D eigenvalue weighted by atomic mass is 9.97. The lowest BCUT2D eigenvalue weighted by molar-refractivity contribution is 0.284. The second kappa shape index (κ2) is 6.70. The predicted octanol–water partition coefficient (Wildman–Crippen LogP) is 4.33. The summed E-state index contributed by atoms with van der Waals surface area (Å²) in [7, 11) is 0. The molecule has 0 saturated heterocycles. The first-order chi connectivity index (χ1) is 11.2. The van der Waals surface area contributed by atoms with Crippen molar-refractivity contribution in [3.8, 4) is 28.7 Å². The van der Waals surface area contributed by atoms with E-state index in [9.17, 15) is 5.26 Å². The number of benzene rings is 1. The molecule has 1 aromatic carbocycles. The Hall–Kier alpha value is -2.54. The number of nitriles is 1. The fourth-order valence-corrected chi connectivity index (χ4v) is 2.73. The summed E-state index contributed by atoms with van der Waals surface area (Å²) in [6, 6.07) is 7.88. The van der Waals surface area contributed by atoms with Gasteiger partial charge in [0.2, 0.25) is 0 Å². The first-order valence-corrected chi connectivity index (χ1v) is 7.96. The summed E-state index contributed by atoms with van der Waals surface area (Å²) in [5.41, 5.74) is 3.58. The fourth-order valence-electron chi connectivity index (χ4n) is 2.73. The molecule has 0 fully saturated rings. The highest BCUT2D eigenvalue weighted by molar-refractivity contribution is 5.77. The van der Waals surface area contributed by atoms with Gasteiger partial charge in [-0.05, 0) is 36.5 Å². The Morgan fingerprint density at radius 1 is 1.35 bits per heavy atom. The van der Waals surface area contributed by atoms with Gasteiger partial charge in [0, 0.05) is 29.6 Å². The molecule has 1 aliphatic rings. The van der Waals surface area contributed by atoms with Crippen LogP contribution in [0.25, 0.3) is 11.1 Å². The number of fused-ring (bicyclic) bond motifs is 3. The number of nitrogens with zero attached hydrogens (tertiary/aromatic N) is 2. The molecule has 2 heterocycles. The largest absolute Gasteiger partial charge is 0.492 e. The van der Waals surface area contributed by atoms with Crippen molar-refractivity contribution >= 4 is 0 Å². The molecule has 0 N–H and O–H groups in total. The Labute approximate surface area is 136 Å². The second-order valence-corrected chi connectivity index (χ2v) is 6.16. The van der Waals surface area contributed by atoms with Crippen LogP contribution in [0.5, 0.6) is 11.5 Å². The van der Waals surface area contributed by atoms with Crippen LogP contribution in [-0.2, 0) is 6.61 Å². The van der Waals surface area contributed by atoms with E-state index in [2.05, 4.69) is 24.9 Å². The highest BCUT2D eigenvalue weighted by Gasteiger charge is 2.20. The molecule has 23 heavy (non-hydrogen) atoms. The van der Waals surface area contributed by atoms with E-state index < -0.39 is 0 Å². The highest BCUT2D eigenvalue weighted by Crippen LogP contribution is 2.40. The maximum atomic E-state index is 9.43. The third-order valence-corrected chi connectivity index (χ3v) is 3.96. The Bertz CT molecular complexity index is 748. The van der Waals surface area contributed by atoms with E-state index in [0.717, 1.165) is 35.3 Å². The standard InChI is InChI=1S/C19H20N2O2/c1-13(2)4-3-7-22-18-9-19-17(8-14(18)10-20)16-5-6-21-11-15(16)12-23-19/h5-6,8-9,11,13H,3-4,7,12H2,1-2H3. The van der Waals surface area contributed by atoms with Crippen LogP contribution in [0.4, 0.5) is 0 Å². The van der Waals surface area contributed by atoms with E-state index in [1.807, 2.05) is 18.2 Å². The monoisotopic (exact) mass is 308 g/mol. The van der Waals surface area contributed by atoms with E-state index in [4.69, 9.17) is 9.47 Å². The highest BCUT2D eigenvalue weighted by atomic mass is 16.5. The lowest BCUT2D eigenvalue weighted by Gasteiger charge is -2.21. The zero-order chi connectivity index (χ0) is 16.2. The third kappa shape index (κ3) is 3.29. The Balaban J connectivity index is 1.86. The number of hydrogen-bond donors (Lipinski definition) is 0. The minimum absolute atomic E-state index is 0.495. The molecule has 0 unspecified atom stereocenters. The topological polar surface area (TPSA) is 55.1 Å². The van der Waals surface area contributed by atoms with Crippen LogP contribution in [0.1, 0.15) is 37.8 Å². The van der Waals surface area contributed by atoms with Gasteiger partial charge in [0.05, 0.1) is 12.2 Å². The first-order valence-electron chi connectivity index (χ1n) is 7.96. The van der Waals surface area contributed by atoms with Crippen LogP contribution in [0.15, 0.2) is 30.6 Å². The molecular formula is C19H20N2O2. The van der Waals surface area contributed by atoms with E-state index in [1.165, 1.54) is 0 Å². The van der Waals surface area contributed by atoms with Crippen LogP contribution in [0.3, 0.4) is 0 Å². The smallest absolute Gasteiger partial charge is 0.140 e. The molecule has 2 aromatic rings. The maximum absolute atomic E-state index is 9.43. The normalized spacial score (nSPS) is 12.1. The lowest BCUT2D eigenvalue weighted by Crippen LogP contribution is -2.07. The second-order valence-electron chi connectivity index (χ2n) is 6.16. The molecule has 0 bridgehead atoms. The van der Waals surface area contributed by atoms with Gasteiger partial charge < -0.3 is 9.47 Å². The van der Waals surface area contributed by atoms with Crippen molar-refractivity contribution in [2.45, 2.75) is 33.3 Å². The fraction of sp³-hybridized carbons (Fsp3) is 0.368. The van der Waals surface area contributed by atoms with Crippen LogP contribution in [0, 0.1) is 17.2 Å². The van der Waals surface area contributed by atoms with Gasteiger partial charge in [-0.1, -0.05) is 13.8 Å². The van der Waals surface area contributed by atoms with Crippen LogP contribution < -0.4 is 9.47 Å². The van der Waals surface area contributed by atoms with E-state index in [-0.39, 0.29) is 0 Å². The minimum atomic E-state index is 0.495. The summed E-state index contributed by atoms with van der Waals surface area (Å²) >= 11 is 0. The average molecular weight is 308 g/mol. The molecule has 4 heteroatoms. The quantitative estimate of drug-likeness (QED) is 0.772. The molecule has 4 nitrogen and oxygen atoms in total. The molecule has 0 spiro atoms. The molecule has 0 aliphatic carbocycles. The van der Waals surface area contributed by atoms with Gasteiger partial charge in [0.25, 0.3) is 0 Å². The van der Waals surface area contributed by atoms with Crippen molar-refractivity contribution in [3.63, 3.8) is 0 Å². The zero-order valence-electron chi connectivity index (χ0n) is 13.5. The number of pyridine rings is 1. The Morgan fingerprint density at radius 3 is 3.00 bits per heavy atom. The molecule has 1 aromatic heterocycles. The predicted molar refractivity (Wildman–Crippen MR) is 88.3 cm³/mol. The maximum Gasteiger partial charge on any atom is 0.140 e. The average Bonchev–Trinajstić information content (AvgIpc) is 2.57. The summed E-state index contributed by atoms with van der Waals surface area (Å²) in [6.07, 6.45) is 5.66. The minimum Gasteiger partial charge on any atom is -0.492 e. The summed E-state index contributed by atoms with van der Waals surface area (Å²) in [5, 5.41) is 9.43. The number of hydrogen-bond acceptors (Lipinski definition) is 4. The van der Waals surface area contributed by atoms with Crippen LogP contribution >= 0.6 is 0 Å². The van der Waals surface area contributed by atoms with E-state index in [0.29, 0.717) is 30.4 Å². The van der Waals surface area contributed by atoms with Gasteiger partial charge in [-0.25, -0.2) is 0 Å². The Kier molecular flexibility index (Phi) is 4.47. The summed E-state index contributed by atoms with van der Waals surface area (Å²) in [6.45, 7) is 5.50. The number of aromatic nitrogens is 1. The number of ether oxygens (including phenoxy) is 2. The molecular weight excluding hydrogens is 288 g/mol. The SMILES string of the molecule is CC(C)CCCOc1cc2c(cc1C#N)-c1ccncc1CO2. The summed E-state index contributed by atoms with van der Waals surface area (Å²) in [4.78, 5) is 4.13. The first kappa shape index (κ1) is 15.4. The van der Waals surface area contributed by atoms with Gasteiger partial charge in [-0.3, -0.25) is 4.98 Å². The summed E-state index contributed by atoms with van der Waals surface area (Å²) < 4.78 is 11.6. The van der Waals surface area contributed by atoms with Gasteiger partial charge in [-0.15, -0.1) is 0 Å². The molecule has 1 aliphatic heterocycles. The molecule has 0 atom stereocenters. The van der Waals surface area contributed by atoms with E-state index >= 15 is 0 Å². The van der Waals surface area contributed by atoms with Gasteiger partial charge in [-0.2, -0.15) is 5.26 Å². The Morgan fingerprint density at radius 2 is 2.22 bits per heavy atom. The van der Waals surface area contributed by atoms with Crippen LogP contribution in [-0.4, -0.2) is 11.6 Å². The molecule has 0 radical (unpaired) electrons. The zero-order valence-corrected chi connectivity index (χ0v) is 13.5. The number of rotatable bonds is 5. The van der Waals surface area contributed by atoms with Gasteiger partial charge >= 0.3 is 0 Å². The molecule has 0 saturated carbocycles. The van der Waals surface area contributed by atoms with Crippen molar-refractivity contribution in [3.05, 3.63) is 41.7 Å². The van der Waals surface area contributed by atoms with Crippen molar-refractivity contribution < 1.29 is 9.47 Å². The van der Waals surface area contributed by atoms with Gasteiger partial charge in [0.15, 0.2) is 0 Å². The molecule has 0 amide bonds. The van der Waals surface area contributed by atoms with Crippen molar-refractivity contribution in [2.75, 3.05) is 6.61 Å². The van der Waals surface area contributed by atoms with E-state index in [1.54, 1.807) is 12.4 Å².